The van der Waals surface area contributed by atoms with E-state index in [1.54, 1.807) is 4.90 Å². The Labute approximate surface area is 284 Å². The molecule has 2 aromatic carbocycles. The normalized spacial score (nSPS) is 22.7. The van der Waals surface area contributed by atoms with Gasteiger partial charge in [0.15, 0.2) is 5.82 Å². The first-order valence-electron chi connectivity index (χ1n) is 16.5. The fraction of sp³-hybridized carbons (Fsp3) is 0.417. The van der Waals surface area contributed by atoms with Gasteiger partial charge in [0.25, 0.3) is 6.08 Å². The predicted molar refractivity (Wildman–Crippen MR) is 176 cm³/mol. The third-order valence-electron chi connectivity index (χ3n) is 10.3. The van der Waals surface area contributed by atoms with Crippen molar-refractivity contribution in [3.8, 4) is 41.2 Å². The molecule has 4 aromatic rings. The zero-order chi connectivity index (χ0) is 34.9. The fourth-order valence-electron chi connectivity index (χ4n) is 7.70. The summed E-state index contributed by atoms with van der Waals surface area (Å²) in [7, 11) is 1.39. The summed E-state index contributed by atoms with van der Waals surface area (Å²) < 4.78 is 84.5. The molecule has 2 N–H and O–H groups in total. The standard InChI is InChI=1S/C36H33F5N6O3/c1-3-22-25(37)7-4-18-10-21(48)11-23(27(18)22)30-29(39)31-28(34(43-30)49-2)33(47-12-19-5-6-20(13-47)42-19)45-35(44-31)50-17-36(8-9-36)16-46-14-24(32(40)41)26(38)15-46/h1,4,7,10-11,19-20,26,42,48H,5-6,8-9,12-17H2,2H3. The van der Waals surface area contributed by atoms with E-state index in [2.05, 4.69) is 21.2 Å². The molecule has 260 valence electrons. The lowest BCUT2D eigenvalue weighted by molar-refractivity contribution is 0.165. The average Bonchev–Trinajstić information content (AvgIpc) is 3.64. The summed E-state index contributed by atoms with van der Waals surface area (Å²) in [6, 6.07) is 5.56. The van der Waals surface area contributed by atoms with Crippen molar-refractivity contribution in [2.75, 3.05) is 51.3 Å². The Morgan fingerprint density at radius 3 is 2.50 bits per heavy atom. The predicted octanol–water partition coefficient (Wildman–Crippen LogP) is 5.72. The number of rotatable bonds is 8. The van der Waals surface area contributed by atoms with Crippen LogP contribution in [-0.2, 0) is 0 Å². The highest BCUT2D eigenvalue weighted by Gasteiger charge is 2.47. The molecule has 9 nitrogen and oxygen atoms in total. The van der Waals surface area contributed by atoms with Gasteiger partial charge in [-0.1, -0.05) is 12.0 Å². The second kappa shape index (κ2) is 12.2. The van der Waals surface area contributed by atoms with E-state index in [9.17, 15) is 22.7 Å². The van der Waals surface area contributed by atoms with E-state index in [0.717, 1.165) is 25.7 Å². The number of likely N-dealkylation sites (tertiary alicyclic amines) is 1. The number of terminal acetylenes is 1. The number of nitrogens with one attached hydrogen (secondary N) is 1. The van der Waals surface area contributed by atoms with Gasteiger partial charge in [0, 0.05) is 66.7 Å². The molecule has 5 heterocycles. The number of nitrogens with zero attached hydrogens (tertiary/aromatic N) is 5. The van der Waals surface area contributed by atoms with Gasteiger partial charge < -0.3 is 24.8 Å². The van der Waals surface area contributed by atoms with Crippen LogP contribution in [0.25, 0.3) is 32.9 Å². The zero-order valence-electron chi connectivity index (χ0n) is 27.1. The first-order chi connectivity index (χ1) is 24.1. The number of halogens is 5. The molecule has 2 aromatic heterocycles. The minimum atomic E-state index is -1.98. The molecule has 3 saturated heterocycles. The molecule has 1 saturated carbocycles. The third kappa shape index (κ3) is 5.62. The molecular formula is C36H33F5N6O3. The SMILES string of the molecule is C#Cc1c(F)ccc2cc(O)cc(-c3nc(OC)c4c(N5CC6CCC(C5)N6)nc(OCC5(CN6CC(=C(F)F)C(F)C6)CC5)nc4c3F)c12. The Morgan fingerprint density at radius 2 is 1.84 bits per heavy atom. The van der Waals surface area contributed by atoms with Gasteiger partial charge in [0.1, 0.15) is 40.2 Å². The highest BCUT2D eigenvalue weighted by atomic mass is 19.3. The van der Waals surface area contributed by atoms with Crippen LogP contribution in [0.3, 0.4) is 0 Å². The molecule has 50 heavy (non-hydrogen) atoms. The molecule has 14 heteroatoms. The van der Waals surface area contributed by atoms with Crippen molar-refractivity contribution >= 4 is 27.5 Å². The van der Waals surface area contributed by atoms with Gasteiger partial charge in [-0.3, -0.25) is 4.90 Å². The van der Waals surface area contributed by atoms with Crippen LogP contribution in [0.15, 0.2) is 35.9 Å². The molecule has 3 aliphatic heterocycles. The summed E-state index contributed by atoms with van der Waals surface area (Å²) in [4.78, 5) is 17.5. The highest BCUT2D eigenvalue weighted by molar-refractivity contribution is 6.04. The number of phenols is 1. The summed E-state index contributed by atoms with van der Waals surface area (Å²) >= 11 is 0. The second-order valence-electron chi connectivity index (χ2n) is 13.7. The van der Waals surface area contributed by atoms with Gasteiger partial charge in [0.2, 0.25) is 5.88 Å². The minimum Gasteiger partial charge on any atom is -0.508 e. The van der Waals surface area contributed by atoms with Crippen molar-refractivity contribution in [2.45, 2.75) is 43.9 Å². The molecule has 2 bridgehead atoms. The van der Waals surface area contributed by atoms with Gasteiger partial charge >= 0.3 is 6.01 Å². The second-order valence-corrected chi connectivity index (χ2v) is 13.7. The highest BCUT2D eigenvalue weighted by Crippen LogP contribution is 2.48. The zero-order valence-corrected chi connectivity index (χ0v) is 27.1. The average molecular weight is 693 g/mol. The topological polar surface area (TPSA) is 95.9 Å². The largest absolute Gasteiger partial charge is 0.508 e. The van der Waals surface area contributed by atoms with Crippen molar-refractivity contribution in [2.24, 2.45) is 5.41 Å². The lowest BCUT2D eigenvalue weighted by Crippen LogP contribution is -2.51. The summed E-state index contributed by atoms with van der Waals surface area (Å²) in [6.07, 6.45) is 5.41. The number of hydrogen-bond donors (Lipinski definition) is 2. The van der Waals surface area contributed by atoms with E-state index in [0.29, 0.717) is 30.8 Å². The van der Waals surface area contributed by atoms with Crippen molar-refractivity contribution < 1.29 is 36.5 Å². The van der Waals surface area contributed by atoms with Crippen LogP contribution in [0.4, 0.5) is 27.8 Å². The number of methoxy groups -OCH3 is 1. The van der Waals surface area contributed by atoms with E-state index < -0.39 is 34.9 Å². The minimum absolute atomic E-state index is 0.0106. The van der Waals surface area contributed by atoms with Crippen molar-refractivity contribution in [3.05, 3.63) is 53.1 Å². The van der Waals surface area contributed by atoms with Gasteiger partial charge in [-0.25, -0.2) is 18.2 Å². The van der Waals surface area contributed by atoms with E-state index in [-0.39, 0.29) is 82.5 Å². The summed E-state index contributed by atoms with van der Waals surface area (Å²) in [6.45, 7) is 1.35. The summed E-state index contributed by atoms with van der Waals surface area (Å²) in [5, 5.41) is 15.0. The van der Waals surface area contributed by atoms with Crippen LogP contribution >= 0.6 is 0 Å². The summed E-state index contributed by atoms with van der Waals surface area (Å²) in [5.41, 5.74) is -1.43. The molecule has 0 radical (unpaired) electrons. The molecule has 3 atom stereocenters. The first-order valence-corrected chi connectivity index (χ1v) is 16.5. The Bertz CT molecular complexity index is 2100. The number of ether oxygens (including phenoxy) is 2. The van der Waals surface area contributed by atoms with Crippen molar-refractivity contribution in [1.82, 2.24) is 25.2 Å². The number of aromatic hydroxyl groups is 1. The Kier molecular flexibility index (Phi) is 7.95. The van der Waals surface area contributed by atoms with E-state index in [1.165, 1.54) is 31.4 Å². The quantitative estimate of drug-likeness (QED) is 0.178. The molecular weight excluding hydrogens is 659 g/mol. The summed E-state index contributed by atoms with van der Waals surface area (Å²) in [5.74, 6) is 0.929. The number of alkyl halides is 1. The number of pyridine rings is 1. The Morgan fingerprint density at radius 1 is 1.08 bits per heavy atom. The van der Waals surface area contributed by atoms with E-state index in [4.69, 9.17) is 20.9 Å². The lowest BCUT2D eigenvalue weighted by atomic mass is 9.95. The molecule has 1 aliphatic carbocycles. The first kappa shape index (κ1) is 32.5. The molecule has 0 spiro atoms. The van der Waals surface area contributed by atoms with Gasteiger partial charge in [-0.2, -0.15) is 18.7 Å². The van der Waals surface area contributed by atoms with Crippen LogP contribution in [0.5, 0.6) is 17.6 Å². The van der Waals surface area contributed by atoms with Crippen LogP contribution < -0.4 is 19.7 Å². The van der Waals surface area contributed by atoms with Crippen molar-refractivity contribution in [3.63, 3.8) is 0 Å². The lowest BCUT2D eigenvalue weighted by Gasteiger charge is -2.34. The number of benzene rings is 2. The van der Waals surface area contributed by atoms with E-state index in [1.807, 2.05) is 4.90 Å². The van der Waals surface area contributed by atoms with Gasteiger partial charge in [-0.05, 0) is 49.3 Å². The van der Waals surface area contributed by atoms with Gasteiger partial charge in [-0.15, -0.1) is 6.42 Å². The Balaban J connectivity index is 1.23. The van der Waals surface area contributed by atoms with Crippen LogP contribution in [0.1, 0.15) is 31.2 Å². The maximum absolute atomic E-state index is 17.0. The van der Waals surface area contributed by atoms with Gasteiger partial charge in [0.05, 0.1) is 19.3 Å². The molecule has 4 fully saturated rings. The van der Waals surface area contributed by atoms with E-state index >= 15 is 4.39 Å². The van der Waals surface area contributed by atoms with Crippen LogP contribution in [0, 0.1) is 29.4 Å². The molecule has 8 rings (SSSR count). The monoisotopic (exact) mass is 692 g/mol. The number of piperazine rings is 1. The van der Waals surface area contributed by atoms with Crippen molar-refractivity contribution in [1.29, 1.82) is 0 Å². The Hall–Kier alpha value is -4.74. The molecule has 0 amide bonds. The number of aromatic nitrogens is 3. The fourth-order valence-corrected chi connectivity index (χ4v) is 7.70. The maximum atomic E-state index is 17.0. The number of anilines is 1. The van der Waals surface area contributed by atoms with Crippen LogP contribution in [0.2, 0.25) is 0 Å². The number of hydrogen-bond acceptors (Lipinski definition) is 9. The van der Waals surface area contributed by atoms with Crippen LogP contribution in [-0.4, -0.2) is 89.7 Å². The molecule has 3 unspecified atom stereocenters. The number of phenolic OH excluding ortho intramolecular Hbond substituents is 1. The third-order valence-corrected chi connectivity index (χ3v) is 10.3. The smallest absolute Gasteiger partial charge is 0.319 e. The number of fused-ring (bicyclic) bond motifs is 4. The maximum Gasteiger partial charge on any atom is 0.319 e. The molecule has 4 aliphatic rings.